The SMILES string of the molecule is CC(F)(F)[C@H](NC(=O)C(F)(F)F)C(=O)N1C[C@H]2[C@H]([C@H]1C(=O)N[C@H](C#N)C[C@@H]1CCNC1=O)C2(C)C. The molecule has 3 N–H and O–H groups in total. The van der Waals surface area contributed by atoms with Crippen LogP contribution < -0.4 is 16.0 Å². The molecular weight excluding hydrogens is 481 g/mol. The highest BCUT2D eigenvalue weighted by Crippen LogP contribution is 2.65. The number of carbonyl (C=O) groups is 4. The van der Waals surface area contributed by atoms with Crippen LogP contribution in [0.3, 0.4) is 0 Å². The summed E-state index contributed by atoms with van der Waals surface area (Å²) in [6.07, 6.45) is -5.03. The van der Waals surface area contributed by atoms with Crippen molar-refractivity contribution in [2.75, 3.05) is 13.1 Å². The van der Waals surface area contributed by atoms with Gasteiger partial charge < -0.3 is 20.9 Å². The molecule has 35 heavy (non-hydrogen) atoms. The zero-order valence-corrected chi connectivity index (χ0v) is 19.2. The van der Waals surface area contributed by atoms with Crippen LogP contribution in [-0.4, -0.2) is 71.8 Å². The first kappa shape index (κ1) is 26.6. The van der Waals surface area contributed by atoms with Crippen molar-refractivity contribution in [2.24, 2.45) is 23.2 Å². The quantitative estimate of drug-likeness (QED) is 0.437. The summed E-state index contributed by atoms with van der Waals surface area (Å²) in [7, 11) is 0. The molecule has 0 bridgehead atoms. The predicted octanol–water partition coefficient (Wildman–Crippen LogP) is 0.706. The van der Waals surface area contributed by atoms with Gasteiger partial charge in [0.05, 0.1) is 6.07 Å². The summed E-state index contributed by atoms with van der Waals surface area (Å²) in [4.78, 5) is 50.0. The van der Waals surface area contributed by atoms with Gasteiger partial charge in [0, 0.05) is 25.9 Å². The number of amides is 4. The largest absolute Gasteiger partial charge is 0.471 e. The van der Waals surface area contributed by atoms with Gasteiger partial charge in [0.15, 0.2) is 6.04 Å². The fourth-order valence-corrected chi connectivity index (χ4v) is 5.15. The number of halogens is 5. The zero-order chi connectivity index (χ0) is 26.5. The van der Waals surface area contributed by atoms with Crippen molar-refractivity contribution in [3.05, 3.63) is 0 Å². The molecule has 1 saturated carbocycles. The van der Waals surface area contributed by atoms with E-state index in [0.29, 0.717) is 13.0 Å². The second kappa shape index (κ2) is 8.91. The average molecular weight is 507 g/mol. The number of fused-ring (bicyclic) bond motifs is 1. The van der Waals surface area contributed by atoms with E-state index in [-0.39, 0.29) is 31.7 Å². The summed E-state index contributed by atoms with van der Waals surface area (Å²) in [5.74, 6) is -10.7. The van der Waals surface area contributed by atoms with E-state index >= 15 is 0 Å². The summed E-state index contributed by atoms with van der Waals surface area (Å²) >= 11 is 0. The van der Waals surface area contributed by atoms with Gasteiger partial charge in [0.1, 0.15) is 12.1 Å². The number of likely N-dealkylation sites (tertiary alicyclic amines) is 1. The highest BCUT2D eigenvalue weighted by atomic mass is 19.4. The highest BCUT2D eigenvalue weighted by molar-refractivity contribution is 5.95. The molecule has 3 fully saturated rings. The minimum atomic E-state index is -5.50. The van der Waals surface area contributed by atoms with Gasteiger partial charge >= 0.3 is 12.1 Å². The summed E-state index contributed by atoms with van der Waals surface area (Å²) < 4.78 is 66.3. The van der Waals surface area contributed by atoms with Gasteiger partial charge in [-0.25, -0.2) is 8.78 Å². The molecule has 0 aromatic rings. The Balaban J connectivity index is 1.81. The van der Waals surface area contributed by atoms with Crippen LogP contribution in [0.2, 0.25) is 0 Å². The molecule has 194 valence electrons. The Bertz CT molecular complexity index is 957. The molecule has 14 heteroatoms. The Morgan fingerprint density at radius 3 is 2.34 bits per heavy atom. The molecule has 9 nitrogen and oxygen atoms in total. The molecule has 0 unspecified atom stereocenters. The van der Waals surface area contributed by atoms with Crippen LogP contribution in [0, 0.1) is 34.5 Å². The molecular formula is C21H26F5N5O4. The van der Waals surface area contributed by atoms with Gasteiger partial charge in [-0.15, -0.1) is 0 Å². The Hall–Kier alpha value is -2.98. The first-order valence-electron chi connectivity index (χ1n) is 11.0. The molecule has 3 rings (SSSR count). The Kier molecular flexibility index (Phi) is 6.78. The monoisotopic (exact) mass is 507 g/mol. The van der Waals surface area contributed by atoms with Crippen LogP contribution in [-0.2, 0) is 19.2 Å². The number of alkyl halides is 5. The standard InChI is InChI=1S/C21H26F5N5O4/c1-19(2)11-8-31(17(34)14(20(3,22)23)30-18(35)21(24,25)26)13(12(11)19)16(33)29-10(7-27)6-9-4-5-28-15(9)32/h9-14H,4-6,8H2,1-3H3,(H,28,32)(H,29,33)(H,30,35)/t9-,10-,11-,12+,13-,14+/m0/s1. The molecule has 3 aliphatic rings. The van der Waals surface area contributed by atoms with E-state index in [1.165, 1.54) is 0 Å². The van der Waals surface area contributed by atoms with Gasteiger partial charge in [-0.1, -0.05) is 13.8 Å². The molecule has 0 spiro atoms. The summed E-state index contributed by atoms with van der Waals surface area (Å²) in [6, 6.07) is -3.42. The minimum absolute atomic E-state index is 0.00350. The van der Waals surface area contributed by atoms with Crippen LogP contribution in [0.25, 0.3) is 0 Å². The lowest BCUT2D eigenvalue weighted by atomic mass is 9.97. The third kappa shape index (κ3) is 5.18. The number of hydrogen-bond acceptors (Lipinski definition) is 5. The topological polar surface area (TPSA) is 131 Å². The van der Waals surface area contributed by atoms with Crippen molar-refractivity contribution in [2.45, 2.75) is 63.8 Å². The van der Waals surface area contributed by atoms with Crippen LogP contribution in [0.15, 0.2) is 0 Å². The maximum absolute atomic E-state index is 14.1. The third-order valence-electron chi connectivity index (χ3n) is 7.20. The van der Waals surface area contributed by atoms with Crippen molar-refractivity contribution in [1.29, 1.82) is 5.26 Å². The number of nitrogens with zero attached hydrogens (tertiary/aromatic N) is 2. The second-order valence-corrected chi connectivity index (χ2v) is 9.95. The molecule has 4 amide bonds. The minimum Gasteiger partial charge on any atom is -0.356 e. The summed E-state index contributed by atoms with van der Waals surface area (Å²) in [5.41, 5.74) is -0.453. The molecule has 0 radical (unpaired) electrons. The number of carbonyl (C=O) groups excluding carboxylic acids is 4. The summed E-state index contributed by atoms with van der Waals surface area (Å²) in [6.45, 7) is 4.04. The van der Waals surface area contributed by atoms with Crippen molar-refractivity contribution in [1.82, 2.24) is 20.9 Å². The van der Waals surface area contributed by atoms with Gasteiger partial charge in [-0.2, -0.15) is 18.4 Å². The molecule has 2 aliphatic heterocycles. The highest BCUT2D eigenvalue weighted by Gasteiger charge is 2.70. The first-order chi connectivity index (χ1) is 16.0. The van der Waals surface area contributed by atoms with Crippen molar-refractivity contribution >= 4 is 23.6 Å². The number of rotatable bonds is 7. The van der Waals surface area contributed by atoms with E-state index < -0.39 is 65.2 Å². The Morgan fingerprint density at radius 1 is 1.23 bits per heavy atom. The predicted molar refractivity (Wildman–Crippen MR) is 108 cm³/mol. The summed E-state index contributed by atoms with van der Waals surface area (Å²) in [5, 5.41) is 15.6. The van der Waals surface area contributed by atoms with Crippen LogP contribution in [0.5, 0.6) is 0 Å². The first-order valence-corrected chi connectivity index (χ1v) is 11.0. The van der Waals surface area contributed by atoms with Gasteiger partial charge in [0.2, 0.25) is 11.8 Å². The van der Waals surface area contributed by atoms with Crippen molar-refractivity contribution in [3.63, 3.8) is 0 Å². The number of piperidine rings is 1. The average Bonchev–Trinajstić information content (AvgIpc) is 3.10. The smallest absolute Gasteiger partial charge is 0.356 e. The molecule has 2 saturated heterocycles. The lowest BCUT2D eigenvalue weighted by molar-refractivity contribution is -0.178. The Labute approximate surface area is 197 Å². The van der Waals surface area contributed by atoms with Crippen LogP contribution >= 0.6 is 0 Å². The molecule has 0 aromatic carbocycles. The third-order valence-corrected chi connectivity index (χ3v) is 7.20. The van der Waals surface area contributed by atoms with Crippen molar-refractivity contribution < 1.29 is 41.1 Å². The lowest BCUT2D eigenvalue weighted by Crippen LogP contribution is -2.62. The zero-order valence-electron chi connectivity index (χ0n) is 19.2. The Morgan fingerprint density at radius 2 is 1.86 bits per heavy atom. The molecule has 0 aromatic heterocycles. The fraction of sp³-hybridized carbons (Fsp3) is 0.762. The lowest BCUT2D eigenvalue weighted by Gasteiger charge is -2.35. The van der Waals surface area contributed by atoms with E-state index in [9.17, 15) is 46.4 Å². The number of nitriles is 1. The molecule has 1 aliphatic carbocycles. The maximum atomic E-state index is 14.1. The van der Waals surface area contributed by atoms with Crippen molar-refractivity contribution in [3.8, 4) is 6.07 Å². The van der Waals surface area contributed by atoms with Crippen LogP contribution in [0.4, 0.5) is 22.0 Å². The van der Waals surface area contributed by atoms with Crippen LogP contribution in [0.1, 0.15) is 33.6 Å². The normalized spacial score (nSPS) is 28.9. The maximum Gasteiger partial charge on any atom is 0.471 e. The fourth-order valence-electron chi connectivity index (χ4n) is 5.15. The molecule has 6 atom stereocenters. The van der Waals surface area contributed by atoms with Gasteiger partial charge in [-0.05, 0) is 30.1 Å². The van der Waals surface area contributed by atoms with E-state index in [4.69, 9.17) is 0 Å². The van der Waals surface area contributed by atoms with E-state index in [2.05, 4.69) is 10.6 Å². The molecule has 2 heterocycles. The number of nitrogens with one attached hydrogen (secondary N) is 3. The van der Waals surface area contributed by atoms with E-state index in [1.807, 2.05) is 6.07 Å². The second-order valence-electron chi connectivity index (χ2n) is 9.95. The van der Waals surface area contributed by atoms with E-state index in [0.717, 1.165) is 10.2 Å². The van der Waals surface area contributed by atoms with Gasteiger partial charge in [-0.3, -0.25) is 19.2 Å². The van der Waals surface area contributed by atoms with E-state index in [1.54, 1.807) is 13.8 Å². The van der Waals surface area contributed by atoms with Gasteiger partial charge in [0.25, 0.3) is 11.8 Å². The number of hydrogen-bond donors (Lipinski definition) is 3.